The molecule has 6 heteroatoms. The van der Waals surface area contributed by atoms with Crippen molar-refractivity contribution in [2.45, 2.75) is 6.61 Å². The lowest BCUT2D eigenvalue weighted by Crippen LogP contribution is -2.24. The van der Waals surface area contributed by atoms with Gasteiger partial charge in [0.25, 0.3) is 0 Å². The van der Waals surface area contributed by atoms with E-state index in [4.69, 9.17) is 4.74 Å². The highest BCUT2D eigenvalue weighted by Crippen LogP contribution is 2.14. The Kier molecular flexibility index (Phi) is 2.82. The van der Waals surface area contributed by atoms with Crippen LogP contribution in [0.15, 0.2) is 24.5 Å². The summed E-state index contributed by atoms with van der Waals surface area (Å²) in [6.07, 6.45) is 2.89. The first kappa shape index (κ1) is 10.6. The van der Waals surface area contributed by atoms with Crippen molar-refractivity contribution >= 4 is 0 Å². The van der Waals surface area contributed by atoms with Gasteiger partial charge in [0.15, 0.2) is 24.0 Å². The Balaban J connectivity index is 2.41. The van der Waals surface area contributed by atoms with Crippen LogP contribution in [0.25, 0.3) is 11.4 Å². The Labute approximate surface area is 92.7 Å². The van der Waals surface area contributed by atoms with Gasteiger partial charge in [-0.05, 0) is 6.07 Å². The highest BCUT2D eigenvalue weighted by Gasteiger charge is 2.12. The van der Waals surface area contributed by atoms with E-state index in [9.17, 15) is 5.21 Å². The first-order chi connectivity index (χ1) is 7.72. The maximum Gasteiger partial charge on any atom is 0.191 e. The van der Waals surface area contributed by atoms with Crippen molar-refractivity contribution in [2.24, 2.45) is 7.05 Å². The molecular formula is C10H12N4O2. The number of ether oxygens (including phenoxy) is 1. The zero-order valence-corrected chi connectivity index (χ0v) is 9.12. The number of rotatable bonds is 3. The molecular weight excluding hydrogens is 208 g/mol. The van der Waals surface area contributed by atoms with E-state index in [-0.39, 0.29) is 0 Å². The Morgan fingerprint density at radius 2 is 2.31 bits per heavy atom. The van der Waals surface area contributed by atoms with Gasteiger partial charge in [0, 0.05) is 20.2 Å². The molecule has 0 saturated carbocycles. The second-order valence-corrected chi connectivity index (χ2v) is 3.38. The van der Waals surface area contributed by atoms with Crippen LogP contribution in [0.2, 0.25) is 0 Å². The number of hydrogen-bond acceptors (Lipinski definition) is 4. The Morgan fingerprint density at radius 3 is 3.00 bits per heavy atom. The van der Waals surface area contributed by atoms with Crippen LogP contribution in [0.5, 0.6) is 0 Å². The van der Waals surface area contributed by atoms with Crippen LogP contribution < -0.4 is 4.73 Å². The molecule has 0 aliphatic rings. The molecule has 0 fully saturated rings. The van der Waals surface area contributed by atoms with Crippen LogP contribution >= 0.6 is 0 Å². The van der Waals surface area contributed by atoms with Crippen LogP contribution in [0.4, 0.5) is 0 Å². The molecule has 6 nitrogen and oxygen atoms in total. The van der Waals surface area contributed by atoms with Gasteiger partial charge in [-0.1, -0.05) is 0 Å². The molecule has 0 aromatic carbocycles. The summed E-state index contributed by atoms with van der Waals surface area (Å²) >= 11 is 0. The molecule has 0 amide bonds. The molecule has 2 heterocycles. The molecule has 16 heavy (non-hydrogen) atoms. The van der Waals surface area contributed by atoms with Gasteiger partial charge in [-0.25, -0.2) is 0 Å². The summed E-state index contributed by atoms with van der Waals surface area (Å²) in [6, 6.07) is 3.49. The zero-order chi connectivity index (χ0) is 11.5. The molecule has 0 aliphatic heterocycles. The predicted molar refractivity (Wildman–Crippen MR) is 56.1 cm³/mol. The van der Waals surface area contributed by atoms with Gasteiger partial charge in [0.05, 0.1) is 5.56 Å². The fourth-order valence-corrected chi connectivity index (χ4v) is 1.45. The van der Waals surface area contributed by atoms with Crippen molar-refractivity contribution in [3.05, 3.63) is 35.6 Å². The van der Waals surface area contributed by atoms with Gasteiger partial charge in [0.2, 0.25) is 0 Å². The lowest BCUT2D eigenvalue weighted by atomic mass is 10.3. The normalized spacial score (nSPS) is 10.6. The van der Waals surface area contributed by atoms with E-state index in [1.165, 1.54) is 12.4 Å². The maximum atomic E-state index is 11.1. The van der Waals surface area contributed by atoms with E-state index in [1.54, 1.807) is 17.7 Å². The fourth-order valence-electron chi connectivity index (χ4n) is 1.45. The quantitative estimate of drug-likeness (QED) is 0.549. The second-order valence-electron chi connectivity index (χ2n) is 3.38. The molecule has 2 aromatic rings. The topological polar surface area (TPSA) is 66.9 Å². The third-order valence-corrected chi connectivity index (χ3v) is 2.27. The van der Waals surface area contributed by atoms with Crippen molar-refractivity contribution < 1.29 is 9.47 Å². The highest BCUT2D eigenvalue weighted by molar-refractivity contribution is 5.52. The molecule has 84 valence electrons. The monoisotopic (exact) mass is 220 g/mol. The average Bonchev–Trinajstić information content (AvgIpc) is 2.61. The lowest BCUT2D eigenvalue weighted by molar-refractivity contribution is -0.604. The molecule has 0 aliphatic carbocycles. The summed E-state index contributed by atoms with van der Waals surface area (Å²) in [5.41, 5.74) is 0.731. The van der Waals surface area contributed by atoms with E-state index >= 15 is 0 Å². The van der Waals surface area contributed by atoms with Crippen LogP contribution in [0.1, 0.15) is 5.82 Å². The molecule has 2 aromatic heterocycles. The summed E-state index contributed by atoms with van der Waals surface area (Å²) in [6.45, 7) is 0.397. The Bertz CT molecular complexity index is 495. The molecule has 2 rings (SSSR count). The first-order valence-electron chi connectivity index (χ1n) is 4.79. The predicted octanol–water partition coefficient (Wildman–Crippen LogP) is 0.262. The SMILES string of the molecule is COCc1nnc(-c2ccc[n+]([O-])c2)n1C. The number of aromatic nitrogens is 4. The van der Waals surface area contributed by atoms with Crippen molar-refractivity contribution in [3.63, 3.8) is 0 Å². The summed E-state index contributed by atoms with van der Waals surface area (Å²) < 4.78 is 7.53. The van der Waals surface area contributed by atoms with Gasteiger partial charge in [-0.3, -0.25) is 0 Å². The van der Waals surface area contributed by atoms with E-state index in [0.29, 0.717) is 12.4 Å². The van der Waals surface area contributed by atoms with Crippen molar-refractivity contribution in [1.29, 1.82) is 0 Å². The largest absolute Gasteiger partial charge is 0.619 e. The molecule has 0 atom stereocenters. The lowest BCUT2D eigenvalue weighted by Gasteiger charge is -2.02. The zero-order valence-electron chi connectivity index (χ0n) is 9.12. The third-order valence-electron chi connectivity index (χ3n) is 2.27. The Hall–Kier alpha value is -1.95. The van der Waals surface area contributed by atoms with E-state index in [2.05, 4.69) is 10.2 Å². The average molecular weight is 220 g/mol. The molecule has 0 radical (unpaired) electrons. The fraction of sp³-hybridized carbons (Fsp3) is 0.300. The standard InChI is InChI=1S/C10H12N4O2/c1-13-9(7-16-2)11-12-10(13)8-4-3-5-14(15)6-8/h3-6H,7H2,1-2H3. The molecule has 0 saturated heterocycles. The molecule has 0 N–H and O–H groups in total. The number of pyridine rings is 1. The van der Waals surface area contributed by atoms with Crippen molar-refractivity contribution in [1.82, 2.24) is 14.8 Å². The maximum absolute atomic E-state index is 11.1. The Morgan fingerprint density at radius 1 is 1.50 bits per heavy atom. The van der Waals surface area contributed by atoms with Crippen LogP contribution in [-0.4, -0.2) is 21.9 Å². The minimum absolute atomic E-state index is 0.397. The second kappa shape index (κ2) is 4.28. The van der Waals surface area contributed by atoms with Gasteiger partial charge < -0.3 is 14.5 Å². The summed E-state index contributed by atoms with van der Waals surface area (Å²) in [7, 11) is 3.44. The number of hydrogen-bond donors (Lipinski definition) is 0. The van der Waals surface area contributed by atoms with Gasteiger partial charge in [-0.15, -0.1) is 10.2 Å². The number of nitrogens with zero attached hydrogens (tertiary/aromatic N) is 4. The van der Waals surface area contributed by atoms with E-state index in [1.807, 2.05) is 13.1 Å². The van der Waals surface area contributed by atoms with E-state index in [0.717, 1.165) is 16.1 Å². The smallest absolute Gasteiger partial charge is 0.191 e. The number of methoxy groups -OCH3 is 1. The van der Waals surface area contributed by atoms with Crippen molar-refractivity contribution in [2.75, 3.05) is 7.11 Å². The first-order valence-corrected chi connectivity index (χ1v) is 4.79. The van der Waals surface area contributed by atoms with Crippen LogP contribution in [-0.2, 0) is 18.4 Å². The van der Waals surface area contributed by atoms with Crippen LogP contribution in [0, 0.1) is 5.21 Å². The molecule has 0 spiro atoms. The van der Waals surface area contributed by atoms with Crippen LogP contribution in [0.3, 0.4) is 0 Å². The highest BCUT2D eigenvalue weighted by atomic mass is 16.5. The summed E-state index contributed by atoms with van der Waals surface area (Å²) in [5, 5.41) is 19.2. The summed E-state index contributed by atoms with van der Waals surface area (Å²) in [5.74, 6) is 1.37. The molecule has 0 bridgehead atoms. The molecule has 0 unspecified atom stereocenters. The minimum Gasteiger partial charge on any atom is -0.619 e. The summed E-state index contributed by atoms with van der Waals surface area (Å²) in [4.78, 5) is 0. The van der Waals surface area contributed by atoms with Gasteiger partial charge in [-0.2, -0.15) is 4.73 Å². The van der Waals surface area contributed by atoms with Gasteiger partial charge >= 0.3 is 0 Å². The van der Waals surface area contributed by atoms with Gasteiger partial charge in [0.1, 0.15) is 6.61 Å². The van der Waals surface area contributed by atoms with E-state index < -0.39 is 0 Å². The minimum atomic E-state index is 0.397. The third kappa shape index (κ3) is 1.87. The van der Waals surface area contributed by atoms with Crippen molar-refractivity contribution in [3.8, 4) is 11.4 Å².